The number of halogens is 1. The third kappa shape index (κ3) is 6.96. The van der Waals surface area contributed by atoms with Gasteiger partial charge in [-0.15, -0.1) is 24.0 Å². The van der Waals surface area contributed by atoms with Gasteiger partial charge in [0.25, 0.3) is 0 Å². The number of aryl methyl sites for hydroxylation is 1. The monoisotopic (exact) mass is 501 g/mol. The molecule has 8 heteroatoms. The molecule has 0 aliphatic heterocycles. The Hall–Kier alpha value is -1.84. The van der Waals surface area contributed by atoms with Crippen molar-refractivity contribution in [1.82, 2.24) is 20.8 Å². The van der Waals surface area contributed by atoms with Crippen LogP contribution in [0, 0.1) is 6.92 Å². The number of nitrogens with zero attached hydrogens (tertiary/aromatic N) is 3. The molecule has 7 nitrogen and oxygen atoms in total. The summed E-state index contributed by atoms with van der Waals surface area (Å²) in [4.78, 5) is 9.02. The number of hydrogen-bond donors (Lipinski definition) is 2. The van der Waals surface area contributed by atoms with Gasteiger partial charge in [-0.2, -0.15) is 4.98 Å². The van der Waals surface area contributed by atoms with Gasteiger partial charge < -0.3 is 19.9 Å². The zero-order chi connectivity index (χ0) is 19.8. The van der Waals surface area contributed by atoms with Gasteiger partial charge in [0, 0.05) is 24.4 Å². The van der Waals surface area contributed by atoms with Crippen LogP contribution in [0.25, 0.3) is 0 Å². The predicted octanol–water partition coefficient (Wildman–Crippen LogP) is 3.99. The van der Waals surface area contributed by atoms with Crippen LogP contribution in [0.2, 0.25) is 0 Å². The molecule has 28 heavy (non-hydrogen) atoms. The van der Waals surface area contributed by atoms with Gasteiger partial charge in [-0.05, 0) is 26.8 Å². The Morgan fingerprint density at radius 1 is 1.29 bits per heavy atom. The van der Waals surface area contributed by atoms with Crippen LogP contribution in [0.1, 0.15) is 62.5 Å². The molecule has 0 saturated carbocycles. The van der Waals surface area contributed by atoms with Crippen LogP contribution in [-0.4, -0.2) is 36.3 Å². The maximum atomic E-state index is 5.50. The molecule has 1 aromatic carbocycles. The molecule has 0 aliphatic rings. The molecule has 1 aromatic heterocycles. The molecular weight excluding hydrogens is 469 g/mol. The SMILES string of the molecule is CCNC(=NCCc1nc(C(C)C)no1)NC(C)c1cc(C)ccc1OC.I. The Morgan fingerprint density at radius 2 is 2.04 bits per heavy atom. The first-order chi connectivity index (χ1) is 12.9. The highest BCUT2D eigenvalue weighted by molar-refractivity contribution is 14.0. The second-order valence-corrected chi connectivity index (χ2v) is 6.82. The summed E-state index contributed by atoms with van der Waals surface area (Å²) < 4.78 is 10.8. The van der Waals surface area contributed by atoms with E-state index >= 15 is 0 Å². The highest BCUT2D eigenvalue weighted by Gasteiger charge is 2.14. The zero-order valence-corrected chi connectivity index (χ0v) is 19.9. The van der Waals surface area contributed by atoms with Crippen molar-refractivity contribution in [3.63, 3.8) is 0 Å². The standard InChI is InChI=1S/C20H31N5O2.HI/c1-7-21-20(22-11-10-18-24-19(13(2)3)25-27-18)23-15(5)16-12-14(4)8-9-17(16)26-6;/h8-9,12-13,15H,7,10-11H2,1-6H3,(H2,21,22,23);1H. The first kappa shape index (κ1) is 24.2. The van der Waals surface area contributed by atoms with Gasteiger partial charge in [-0.1, -0.05) is 36.7 Å². The predicted molar refractivity (Wildman–Crippen MR) is 123 cm³/mol. The van der Waals surface area contributed by atoms with Crippen molar-refractivity contribution >= 4 is 29.9 Å². The van der Waals surface area contributed by atoms with Crippen molar-refractivity contribution in [1.29, 1.82) is 0 Å². The summed E-state index contributed by atoms with van der Waals surface area (Å²) in [6.45, 7) is 11.6. The largest absolute Gasteiger partial charge is 0.496 e. The summed E-state index contributed by atoms with van der Waals surface area (Å²) in [5.74, 6) is 3.22. The molecule has 156 valence electrons. The van der Waals surface area contributed by atoms with Gasteiger partial charge in [0.1, 0.15) is 5.75 Å². The quantitative estimate of drug-likeness (QED) is 0.324. The summed E-state index contributed by atoms with van der Waals surface area (Å²) in [6.07, 6.45) is 0.610. The van der Waals surface area contributed by atoms with E-state index in [-0.39, 0.29) is 35.9 Å². The third-order valence-corrected chi connectivity index (χ3v) is 4.14. The topological polar surface area (TPSA) is 84.6 Å². The lowest BCUT2D eigenvalue weighted by atomic mass is 10.0. The number of rotatable bonds is 8. The number of hydrogen-bond acceptors (Lipinski definition) is 5. The Labute approximate surface area is 184 Å². The van der Waals surface area contributed by atoms with Crippen molar-refractivity contribution in [2.45, 2.75) is 53.0 Å². The summed E-state index contributed by atoms with van der Waals surface area (Å²) >= 11 is 0. The maximum absolute atomic E-state index is 5.50. The van der Waals surface area contributed by atoms with E-state index in [1.54, 1.807) is 7.11 Å². The Kier molecular flexibility index (Phi) is 10.3. The second-order valence-electron chi connectivity index (χ2n) is 6.82. The molecule has 1 unspecified atom stereocenters. The number of nitrogens with one attached hydrogen (secondary N) is 2. The van der Waals surface area contributed by atoms with E-state index in [1.807, 2.05) is 32.9 Å². The Bertz CT molecular complexity index is 761. The van der Waals surface area contributed by atoms with Gasteiger partial charge in [-0.3, -0.25) is 4.99 Å². The van der Waals surface area contributed by atoms with Gasteiger partial charge in [-0.25, -0.2) is 0 Å². The lowest BCUT2D eigenvalue weighted by molar-refractivity contribution is 0.372. The summed E-state index contributed by atoms with van der Waals surface area (Å²) in [7, 11) is 1.69. The Morgan fingerprint density at radius 3 is 2.64 bits per heavy atom. The van der Waals surface area contributed by atoms with Crippen molar-refractivity contribution < 1.29 is 9.26 Å². The highest BCUT2D eigenvalue weighted by atomic mass is 127. The minimum atomic E-state index is 0. The van der Waals surface area contributed by atoms with Crippen LogP contribution < -0.4 is 15.4 Å². The van der Waals surface area contributed by atoms with Crippen molar-refractivity contribution in [2.24, 2.45) is 4.99 Å². The normalized spacial score (nSPS) is 12.5. The molecule has 2 N–H and O–H groups in total. The molecule has 0 amide bonds. The molecule has 1 heterocycles. The van der Waals surface area contributed by atoms with E-state index < -0.39 is 0 Å². The molecule has 0 bridgehead atoms. The molecule has 2 aromatic rings. The molecule has 0 saturated heterocycles. The van der Waals surface area contributed by atoms with E-state index in [9.17, 15) is 0 Å². The molecule has 2 rings (SSSR count). The Balaban J connectivity index is 0.00000392. The number of aliphatic imine (C=N–C) groups is 1. The van der Waals surface area contributed by atoms with Gasteiger partial charge in [0.05, 0.1) is 19.7 Å². The molecule has 0 radical (unpaired) electrons. The van der Waals surface area contributed by atoms with Crippen molar-refractivity contribution in [2.75, 3.05) is 20.2 Å². The molecule has 1 atom stereocenters. The fraction of sp³-hybridized carbons (Fsp3) is 0.550. The average Bonchev–Trinajstić information content (AvgIpc) is 3.11. The first-order valence-corrected chi connectivity index (χ1v) is 9.46. The van der Waals surface area contributed by atoms with E-state index in [4.69, 9.17) is 9.26 Å². The average molecular weight is 501 g/mol. The molecule has 0 spiro atoms. The van der Waals surface area contributed by atoms with Crippen LogP contribution in [0.5, 0.6) is 5.75 Å². The molecule has 0 aliphatic carbocycles. The van der Waals surface area contributed by atoms with E-state index in [1.165, 1.54) is 5.56 Å². The highest BCUT2D eigenvalue weighted by Crippen LogP contribution is 2.25. The first-order valence-electron chi connectivity index (χ1n) is 9.46. The maximum Gasteiger partial charge on any atom is 0.228 e. The summed E-state index contributed by atoms with van der Waals surface area (Å²) in [5, 5.41) is 10.7. The minimum absolute atomic E-state index is 0. The van der Waals surface area contributed by atoms with Gasteiger partial charge >= 0.3 is 0 Å². The van der Waals surface area contributed by atoms with Crippen LogP contribution in [-0.2, 0) is 6.42 Å². The van der Waals surface area contributed by atoms with Crippen LogP contribution in [0.15, 0.2) is 27.7 Å². The zero-order valence-electron chi connectivity index (χ0n) is 17.6. The van der Waals surface area contributed by atoms with Crippen molar-refractivity contribution in [3.8, 4) is 5.75 Å². The summed E-state index contributed by atoms with van der Waals surface area (Å²) in [5.41, 5.74) is 2.29. The minimum Gasteiger partial charge on any atom is -0.496 e. The van der Waals surface area contributed by atoms with E-state index in [0.29, 0.717) is 18.9 Å². The number of ether oxygens (including phenoxy) is 1. The number of benzene rings is 1. The lowest BCUT2D eigenvalue weighted by Gasteiger charge is -2.20. The van der Waals surface area contributed by atoms with Crippen LogP contribution in [0.3, 0.4) is 0 Å². The van der Waals surface area contributed by atoms with E-state index in [2.05, 4.69) is 45.7 Å². The molecular formula is C20H32IN5O2. The second kappa shape index (κ2) is 11.9. The van der Waals surface area contributed by atoms with Crippen LogP contribution >= 0.6 is 24.0 Å². The summed E-state index contributed by atoms with van der Waals surface area (Å²) in [6, 6.07) is 6.22. The van der Waals surface area contributed by atoms with Crippen LogP contribution in [0.4, 0.5) is 0 Å². The fourth-order valence-corrected chi connectivity index (χ4v) is 2.66. The van der Waals surface area contributed by atoms with E-state index in [0.717, 1.165) is 29.6 Å². The third-order valence-electron chi connectivity index (χ3n) is 4.14. The fourth-order valence-electron chi connectivity index (χ4n) is 2.66. The smallest absolute Gasteiger partial charge is 0.228 e. The van der Waals surface area contributed by atoms with Gasteiger partial charge in [0.15, 0.2) is 11.8 Å². The van der Waals surface area contributed by atoms with Crippen molar-refractivity contribution in [3.05, 3.63) is 41.0 Å². The van der Waals surface area contributed by atoms with Gasteiger partial charge in [0.2, 0.25) is 5.89 Å². The number of guanidine groups is 1. The number of aromatic nitrogens is 2. The molecule has 0 fully saturated rings. The lowest BCUT2D eigenvalue weighted by Crippen LogP contribution is -2.39. The number of methoxy groups -OCH3 is 1.